The van der Waals surface area contributed by atoms with Gasteiger partial charge in [-0.25, -0.2) is 0 Å². The zero-order valence-corrected chi connectivity index (χ0v) is 14.0. The Labute approximate surface area is 140 Å². The Bertz CT molecular complexity index is 720. The maximum Gasteiger partial charge on any atom is 0.406 e. The van der Waals surface area contributed by atoms with Crippen LogP contribution in [0.5, 0.6) is 0 Å². The summed E-state index contributed by atoms with van der Waals surface area (Å²) in [6.07, 6.45) is 1.40. The van der Waals surface area contributed by atoms with Crippen molar-refractivity contribution >= 4 is 17.5 Å². The van der Waals surface area contributed by atoms with Crippen molar-refractivity contribution in [3.63, 3.8) is 0 Å². The van der Waals surface area contributed by atoms with Gasteiger partial charge in [-0.2, -0.15) is 0 Å². The van der Waals surface area contributed by atoms with Gasteiger partial charge in [0.15, 0.2) is 0 Å². The van der Waals surface area contributed by atoms with Crippen LogP contribution in [0.3, 0.4) is 0 Å². The summed E-state index contributed by atoms with van der Waals surface area (Å²) in [7, 11) is 1.69. The number of nitrogens with one attached hydrogen (secondary N) is 1. The topological polar surface area (TPSA) is 93.3 Å². The van der Waals surface area contributed by atoms with E-state index in [9.17, 15) is 14.9 Å². The van der Waals surface area contributed by atoms with Crippen molar-refractivity contribution in [2.75, 3.05) is 18.4 Å². The highest BCUT2D eigenvalue weighted by Crippen LogP contribution is 2.21. The van der Waals surface area contributed by atoms with Crippen molar-refractivity contribution < 1.29 is 9.72 Å². The van der Waals surface area contributed by atoms with Gasteiger partial charge in [-0.1, -0.05) is 12.1 Å². The Kier molecular flexibility index (Phi) is 5.51. The molecule has 1 N–H and O–H groups in total. The lowest BCUT2D eigenvalue weighted by Gasteiger charge is -2.18. The molecule has 8 heteroatoms. The molecule has 1 heterocycles. The first kappa shape index (κ1) is 17.5. The summed E-state index contributed by atoms with van der Waals surface area (Å²) < 4.78 is 1.57. The Morgan fingerprint density at radius 3 is 2.46 bits per heavy atom. The zero-order chi connectivity index (χ0) is 17.7. The normalized spacial score (nSPS) is 10.5. The van der Waals surface area contributed by atoms with Crippen molar-refractivity contribution in [1.29, 1.82) is 0 Å². The number of hydrogen-bond acceptors (Lipinski definition) is 5. The van der Waals surface area contributed by atoms with Crippen molar-refractivity contribution in [2.24, 2.45) is 7.05 Å². The third-order valence-electron chi connectivity index (χ3n) is 3.80. The molecular weight excluding hydrogens is 310 g/mol. The molecule has 1 aromatic carbocycles. The molecule has 128 valence electrons. The number of imidazole rings is 1. The summed E-state index contributed by atoms with van der Waals surface area (Å²) >= 11 is 0. The van der Waals surface area contributed by atoms with Gasteiger partial charge >= 0.3 is 5.82 Å². The van der Waals surface area contributed by atoms with E-state index in [0.29, 0.717) is 31.0 Å². The number of carbonyl (C=O) groups is 1. The average Bonchev–Trinajstić information content (AvgIpc) is 2.95. The van der Waals surface area contributed by atoms with E-state index in [1.807, 2.05) is 26.0 Å². The fraction of sp³-hybridized carbons (Fsp3) is 0.375. The number of carbonyl (C=O) groups excluding carboxylic acids is 1. The van der Waals surface area contributed by atoms with Gasteiger partial charge in [0.25, 0.3) is 5.91 Å². The molecule has 2 aromatic rings. The van der Waals surface area contributed by atoms with Crippen LogP contribution in [0.25, 0.3) is 0 Å². The standard InChI is InChI=1S/C16H21N5O3/c1-4-20(5-2)16(22)13-8-6-12(7-9-13)10-17-14-15(21(23)24)18-11-19(14)3/h6-9,11,17H,4-5,10H2,1-3H3. The predicted octanol–water partition coefficient (Wildman–Crippen LogP) is 2.42. The fourth-order valence-corrected chi connectivity index (χ4v) is 2.40. The third kappa shape index (κ3) is 3.70. The quantitative estimate of drug-likeness (QED) is 0.621. The van der Waals surface area contributed by atoms with Crippen LogP contribution in [0.2, 0.25) is 0 Å². The maximum atomic E-state index is 12.3. The molecule has 2 rings (SSSR count). The lowest BCUT2D eigenvalue weighted by atomic mass is 10.1. The monoisotopic (exact) mass is 331 g/mol. The Balaban J connectivity index is 2.06. The van der Waals surface area contributed by atoms with E-state index in [0.717, 1.165) is 5.56 Å². The van der Waals surface area contributed by atoms with Crippen LogP contribution in [0.1, 0.15) is 29.8 Å². The molecule has 0 saturated carbocycles. The van der Waals surface area contributed by atoms with E-state index in [4.69, 9.17) is 0 Å². The molecular formula is C16H21N5O3. The van der Waals surface area contributed by atoms with E-state index in [2.05, 4.69) is 10.3 Å². The number of nitrogens with zero attached hydrogens (tertiary/aromatic N) is 4. The second kappa shape index (κ2) is 7.58. The first-order valence-electron chi connectivity index (χ1n) is 7.75. The van der Waals surface area contributed by atoms with Gasteiger partial charge in [-0.3, -0.25) is 9.36 Å². The number of aromatic nitrogens is 2. The second-order valence-corrected chi connectivity index (χ2v) is 5.31. The summed E-state index contributed by atoms with van der Waals surface area (Å²) in [4.78, 5) is 28.2. The molecule has 1 aromatic heterocycles. The lowest BCUT2D eigenvalue weighted by Crippen LogP contribution is -2.30. The van der Waals surface area contributed by atoms with E-state index < -0.39 is 4.92 Å². The number of hydrogen-bond donors (Lipinski definition) is 1. The van der Waals surface area contributed by atoms with Crippen LogP contribution in [0.15, 0.2) is 30.6 Å². The summed E-state index contributed by atoms with van der Waals surface area (Å²) in [5, 5.41) is 14.0. The highest BCUT2D eigenvalue weighted by atomic mass is 16.6. The predicted molar refractivity (Wildman–Crippen MR) is 90.9 cm³/mol. The molecule has 0 radical (unpaired) electrons. The number of nitro groups is 1. The SMILES string of the molecule is CCN(CC)C(=O)c1ccc(CNc2c([N+](=O)[O-])ncn2C)cc1. The minimum atomic E-state index is -0.520. The molecule has 0 atom stereocenters. The smallest absolute Gasteiger partial charge is 0.360 e. The number of rotatable bonds is 7. The molecule has 0 bridgehead atoms. The number of benzene rings is 1. The van der Waals surface area contributed by atoms with Crippen molar-refractivity contribution in [2.45, 2.75) is 20.4 Å². The van der Waals surface area contributed by atoms with Crippen molar-refractivity contribution in [1.82, 2.24) is 14.5 Å². The van der Waals surface area contributed by atoms with Gasteiger partial charge in [-0.05, 0) is 41.5 Å². The number of anilines is 1. The van der Waals surface area contributed by atoms with Crippen LogP contribution in [-0.2, 0) is 13.6 Å². The third-order valence-corrected chi connectivity index (χ3v) is 3.80. The van der Waals surface area contributed by atoms with Gasteiger partial charge in [-0.15, -0.1) is 0 Å². The van der Waals surface area contributed by atoms with Crippen LogP contribution in [0, 0.1) is 10.1 Å². The van der Waals surface area contributed by atoms with E-state index in [1.54, 1.807) is 28.6 Å². The minimum Gasteiger partial charge on any atom is -0.360 e. The summed E-state index contributed by atoms with van der Waals surface area (Å²) in [5.41, 5.74) is 1.55. The number of aryl methyl sites for hydroxylation is 1. The molecule has 24 heavy (non-hydrogen) atoms. The van der Waals surface area contributed by atoms with Gasteiger partial charge < -0.3 is 20.3 Å². The molecule has 1 amide bonds. The molecule has 0 spiro atoms. The molecule has 0 aliphatic heterocycles. The fourth-order valence-electron chi connectivity index (χ4n) is 2.40. The van der Waals surface area contributed by atoms with Crippen LogP contribution >= 0.6 is 0 Å². The molecule has 0 saturated heterocycles. The second-order valence-electron chi connectivity index (χ2n) is 5.31. The van der Waals surface area contributed by atoms with E-state index >= 15 is 0 Å². The van der Waals surface area contributed by atoms with E-state index in [-0.39, 0.29) is 11.7 Å². The van der Waals surface area contributed by atoms with Crippen molar-refractivity contribution in [3.05, 3.63) is 51.8 Å². The Morgan fingerprint density at radius 1 is 1.29 bits per heavy atom. The maximum absolute atomic E-state index is 12.3. The first-order chi connectivity index (χ1) is 11.5. The Hall–Kier alpha value is -2.90. The lowest BCUT2D eigenvalue weighted by molar-refractivity contribution is -0.388. The molecule has 0 aliphatic rings. The Morgan fingerprint density at radius 2 is 1.92 bits per heavy atom. The van der Waals surface area contributed by atoms with E-state index in [1.165, 1.54) is 6.33 Å². The summed E-state index contributed by atoms with van der Waals surface area (Å²) in [6.45, 7) is 5.63. The highest BCUT2D eigenvalue weighted by Gasteiger charge is 2.19. The average molecular weight is 331 g/mol. The van der Waals surface area contributed by atoms with Crippen LogP contribution in [0.4, 0.5) is 11.6 Å². The summed E-state index contributed by atoms with van der Waals surface area (Å²) in [5.74, 6) is 0.149. The zero-order valence-electron chi connectivity index (χ0n) is 14.0. The highest BCUT2D eigenvalue weighted by molar-refractivity contribution is 5.94. The van der Waals surface area contributed by atoms with Gasteiger partial charge in [0.05, 0.1) is 0 Å². The largest absolute Gasteiger partial charge is 0.406 e. The van der Waals surface area contributed by atoms with Gasteiger partial charge in [0.1, 0.15) is 0 Å². The molecule has 0 fully saturated rings. The van der Waals surface area contributed by atoms with Crippen LogP contribution in [-0.4, -0.2) is 38.4 Å². The van der Waals surface area contributed by atoms with Gasteiger partial charge in [0, 0.05) is 32.2 Å². The van der Waals surface area contributed by atoms with Gasteiger partial charge in [0.2, 0.25) is 12.1 Å². The van der Waals surface area contributed by atoms with Crippen molar-refractivity contribution in [3.8, 4) is 0 Å². The first-order valence-corrected chi connectivity index (χ1v) is 7.75. The number of amides is 1. The molecule has 0 aliphatic carbocycles. The molecule has 8 nitrogen and oxygen atoms in total. The minimum absolute atomic E-state index is 0.00165. The van der Waals surface area contributed by atoms with Crippen LogP contribution < -0.4 is 5.32 Å². The summed E-state index contributed by atoms with van der Waals surface area (Å²) in [6, 6.07) is 7.22. The molecule has 0 unspecified atom stereocenters.